The first-order valence-electron chi connectivity index (χ1n) is 7.87. The van der Waals surface area contributed by atoms with Crippen LogP contribution < -0.4 is 14.8 Å². The van der Waals surface area contributed by atoms with Gasteiger partial charge in [-0.05, 0) is 43.7 Å². The number of hydrogen-bond donors (Lipinski definition) is 1. The largest absolute Gasteiger partial charge is 0.496 e. The van der Waals surface area contributed by atoms with Crippen molar-refractivity contribution in [2.75, 3.05) is 26.5 Å². The Kier molecular flexibility index (Phi) is 6.71. The van der Waals surface area contributed by atoms with Gasteiger partial charge in [-0.25, -0.2) is 0 Å². The van der Waals surface area contributed by atoms with Gasteiger partial charge in [0.1, 0.15) is 11.5 Å². The van der Waals surface area contributed by atoms with Crippen LogP contribution in [-0.2, 0) is 0 Å². The molecule has 1 aromatic rings. The maximum atomic E-state index is 5.61. The zero-order valence-electron chi connectivity index (χ0n) is 13.4. The van der Waals surface area contributed by atoms with Gasteiger partial charge < -0.3 is 14.8 Å². The van der Waals surface area contributed by atoms with Crippen molar-refractivity contribution < 1.29 is 9.47 Å². The number of methoxy groups -OCH3 is 2. The number of thioether (sulfide) groups is 1. The van der Waals surface area contributed by atoms with Crippen molar-refractivity contribution in [1.82, 2.24) is 5.32 Å². The van der Waals surface area contributed by atoms with Crippen LogP contribution in [0.1, 0.15) is 44.2 Å². The van der Waals surface area contributed by atoms with Crippen LogP contribution in [0, 0.1) is 0 Å². The highest BCUT2D eigenvalue weighted by molar-refractivity contribution is 8.00. The van der Waals surface area contributed by atoms with E-state index in [0.29, 0.717) is 11.3 Å². The van der Waals surface area contributed by atoms with Crippen molar-refractivity contribution in [2.45, 2.75) is 43.9 Å². The third kappa shape index (κ3) is 4.07. The molecule has 118 valence electrons. The summed E-state index contributed by atoms with van der Waals surface area (Å²) in [7, 11) is 3.48. The standard InChI is InChI=1S/C17H27NO2S/c1-4-11-18-17(15-10-5-6-12-21-15)16-13(19-2)8-7-9-14(16)20-3/h7-9,15,17-18H,4-6,10-12H2,1-3H3. The molecule has 2 unspecified atom stereocenters. The Bertz CT molecular complexity index is 411. The minimum atomic E-state index is 0.293. The topological polar surface area (TPSA) is 30.5 Å². The molecule has 1 saturated heterocycles. The van der Waals surface area contributed by atoms with Crippen molar-refractivity contribution in [2.24, 2.45) is 0 Å². The lowest BCUT2D eigenvalue weighted by Crippen LogP contribution is -2.33. The summed E-state index contributed by atoms with van der Waals surface area (Å²) in [6.07, 6.45) is 5.04. The fourth-order valence-electron chi connectivity index (χ4n) is 2.93. The summed E-state index contributed by atoms with van der Waals surface area (Å²) in [5.41, 5.74) is 1.18. The quantitative estimate of drug-likeness (QED) is 0.824. The summed E-state index contributed by atoms with van der Waals surface area (Å²) in [4.78, 5) is 0. The van der Waals surface area contributed by atoms with E-state index in [4.69, 9.17) is 9.47 Å². The Morgan fingerprint density at radius 3 is 2.48 bits per heavy atom. The third-order valence-electron chi connectivity index (χ3n) is 3.98. The van der Waals surface area contributed by atoms with Gasteiger partial charge in [-0.1, -0.05) is 19.4 Å². The second kappa shape index (κ2) is 8.54. The second-order valence-electron chi connectivity index (χ2n) is 5.41. The van der Waals surface area contributed by atoms with Gasteiger partial charge in [0.15, 0.2) is 0 Å². The molecule has 1 fully saturated rings. The van der Waals surface area contributed by atoms with Crippen LogP contribution >= 0.6 is 11.8 Å². The average Bonchev–Trinajstić information content (AvgIpc) is 2.56. The van der Waals surface area contributed by atoms with Crippen LogP contribution in [0.4, 0.5) is 0 Å². The molecule has 1 aliphatic heterocycles. The molecule has 1 N–H and O–H groups in total. The normalized spacial score (nSPS) is 20.0. The van der Waals surface area contributed by atoms with E-state index in [0.717, 1.165) is 24.5 Å². The van der Waals surface area contributed by atoms with Gasteiger partial charge in [-0.15, -0.1) is 0 Å². The predicted molar refractivity (Wildman–Crippen MR) is 90.7 cm³/mol. The van der Waals surface area contributed by atoms with E-state index in [2.05, 4.69) is 24.0 Å². The van der Waals surface area contributed by atoms with Crippen molar-refractivity contribution in [3.05, 3.63) is 23.8 Å². The number of ether oxygens (including phenoxy) is 2. The lowest BCUT2D eigenvalue weighted by atomic mass is 9.97. The smallest absolute Gasteiger partial charge is 0.127 e. The highest BCUT2D eigenvalue weighted by Crippen LogP contribution is 2.42. The molecule has 0 aliphatic carbocycles. The van der Waals surface area contributed by atoms with Crippen LogP contribution in [-0.4, -0.2) is 31.8 Å². The van der Waals surface area contributed by atoms with E-state index < -0.39 is 0 Å². The zero-order chi connectivity index (χ0) is 15.1. The molecule has 3 nitrogen and oxygen atoms in total. The summed E-state index contributed by atoms with van der Waals surface area (Å²) in [6.45, 7) is 3.22. The highest BCUT2D eigenvalue weighted by atomic mass is 32.2. The second-order valence-corrected chi connectivity index (χ2v) is 6.76. The lowest BCUT2D eigenvalue weighted by molar-refractivity contribution is 0.364. The van der Waals surface area contributed by atoms with Crippen LogP contribution in [0.25, 0.3) is 0 Å². The Labute approximate surface area is 132 Å². The number of benzene rings is 1. The van der Waals surface area contributed by atoms with Crippen LogP contribution in [0.15, 0.2) is 18.2 Å². The number of nitrogens with one attached hydrogen (secondary N) is 1. The summed E-state index contributed by atoms with van der Waals surface area (Å²) in [5, 5.41) is 4.32. The summed E-state index contributed by atoms with van der Waals surface area (Å²) in [5.74, 6) is 3.11. The van der Waals surface area contributed by atoms with Crippen LogP contribution in [0.5, 0.6) is 11.5 Å². The Hall–Kier alpha value is -0.870. The van der Waals surface area contributed by atoms with E-state index in [9.17, 15) is 0 Å². The molecule has 2 atom stereocenters. The van der Waals surface area contributed by atoms with Gasteiger partial charge in [0.25, 0.3) is 0 Å². The molecule has 1 aromatic carbocycles. The fourth-order valence-corrected chi connectivity index (χ4v) is 4.37. The molecule has 0 aromatic heterocycles. The first kappa shape index (κ1) is 16.5. The van der Waals surface area contributed by atoms with Gasteiger partial charge in [0.05, 0.1) is 25.8 Å². The maximum absolute atomic E-state index is 5.61. The maximum Gasteiger partial charge on any atom is 0.127 e. The van der Waals surface area contributed by atoms with Crippen molar-refractivity contribution in [3.63, 3.8) is 0 Å². The van der Waals surface area contributed by atoms with Crippen molar-refractivity contribution >= 4 is 11.8 Å². The summed E-state index contributed by atoms with van der Waals surface area (Å²) in [6, 6.07) is 6.35. The molecule has 21 heavy (non-hydrogen) atoms. The van der Waals surface area contributed by atoms with E-state index in [1.807, 2.05) is 18.2 Å². The van der Waals surface area contributed by atoms with E-state index in [1.54, 1.807) is 14.2 Å². The molecule has 0 amide bonds. The molecule has 4 heteroatoms. The van der Waals surface area contributed by atoms with Crippen molar-refractivity contribution in [3.8, 4) is 11.5 Å². The zero-order valence-corrected chi connectivity index (χ0v) is 14.2. The Morgan fingerprint density at radius 1 is 1.24 bits per heavy atom. The SMILES string of the molecule is CCCNC(c1c(OC)cccc1OC)C1CCCCS1. The minimum absolute atomic E-state index is 0.293. The predicted octanol–water partition coefficient (Wildman–Crippen LogP) is 4.03. The fraction of sp³-hybridized carbons (Fsp3) is 0.647. The van der Waals surface area contributed by atoms with Crippen LogP contribution in [0.2, 0.25) is 0 Å². The molecule has 1 heterocycles. The van der Waals surface area contributed by atoms with Gasteiger partial charge in [-0.3, -0.25) is 0 Å². The molecule has 2 rings (SSSR count). The third-order valence-corrected chi connectivity index (χ3v) is 5.44. The number of hydrogen-bond acceptors (Lipinski definition) is 4. The minimum Gasteiger partial charge on any atom is -0.496 e. The molecule has 0 saturated carbocycles. The summed E-state index contributed by atoms with van der Waals surface area (Å²) >= 11 is 2.08. The van der Waals surface area contributed by atoms with Crippen molar-refractivity contribution in [1.29, 1.82) is 0 Å². The monoisotopic (exact) mass is 309 g/mol. The van der Waals surface area contributed by atoms with Gasteiger partial charge in [0.2, 0.25) is 0 Å². The lowest BCUT2D eigenvalue weighted by Gasteiger charge is -2.32. The average molecular weight is 309 g/mol. The first-order valence-corrected chi connectivity index (χ1v) is 8.92. The highest BCUT2D eigenvalue weighted by Gasteiger charge is 2.29. The molecule has 0 radical (unpaired) electrons. The first-order chi connectivity index (χ1) is 10.3. The summed E-state index contributed by atoms with van der Waals surface area (Å²) < 4.78 is 11.2. The molecule has 1 aliphatic rings. The molecule has 0 bridgehead atoms. The van der Waals surface area contributed by atoms with E-state index >= 15 is 0 Å². The Balaban J connectivity index is 2.34. The Morgan fingerprint density at radius 2 is 1.95 bits per heavy atom. The number of rotatable bonds is 7. The molecular formula is C17H27NO2S. The molecule has 0 spiro atoms. The van der Waals surface area contributed by atoms with Gasteiger partial charge in [0, 0.05) is 5.25 Å². The van der Waals surface area contributed by atoms with E-state index in [-0.39, 0.29) is 0 Å². The molecular weight excluding hydrogens is 282 g/mol. The van der Waals surface area contributed by atoms with Gasteiger partial charge >= 0.3 is 0 Å². The van der Waals surface area contributed by atoms with Gasteiger partial charge in [-0.2, -0.15) is 11.8 Å². The van der Waals surface area contributed by atoms with Crippen LogP contribution in [0.3, 0.4) is 0 Å². The van der Waals surface area contributed by atoms with E-state index in [1.165, 1.54) is 30.6 Å².